The molecule has 0 radical (unpaired) electrons. The highest BCUT2D eigenvalue weighted by molar-refractivity contribution is 5.88. The molecular weight excluding hydrogens is 293 g/mol. The Kier molecular flexibility index (Phi) is 3.42. The van der Waals surface area contributed by atoms with Gasteiger partial charge in [0.25, 0.3) is 11.3 Å². The second-order valence-corrected chi connectivity index (χ2v) is 4.62. The second-order valence-electron chi connectivity index (χ2n) is 4.62. The topological polar surface area (TPSA) is 109 Å². The Bertz CT molecular complexity index is 899. The van der Waals surface area contributed by atoms with Crippen molar-refractivity contribution in [3.63, 3.8) is 0 Å². The molecule has 0 fully saturated rings. The number of hydrogen-bond acceptors (Lipinski definition) is 5. The molecule has 3 rings (SSSR count). The molecule has 2 heterocycles. The van der Waals surface area contributed by atoms with E-state index in [-0.39, 0.29) is 35.5 Å². The van der Waals surface area contributed by atoms with Crippen molar-refractivity contribution in [1.29, 1.82) is 0 Å². The number of hydrogen-bond donors (Lipinski definition) is 2. The molecule has 0 amide bonds. The van der Waals surface area contributed by atoms with Crippen molar-refractivity contribution in [3.8, 4) is 11.3 Å². The highest BCUT2D eigenvalue weighted by Crippen LogP contribution is 2.24. The maximum Gasteiger partial charge on any atom is 0.303 e. The third-order valence-electron chi connectivity index (χ3n) is 3.09. The van der Waals surface area contributed by atoms with Gasteiger partial charge in [0.05, 0.1) is 6.42 Å². The van der Waals surface area contributed by atoms with Gasteiger partial charge in [-0.1, -0.05) is 5.16 Å². The van der Waals surface area contributed by atoms with E-state index in [0.29, 0.717) is 5.56 Å². The Hall–Kier alpha value is -3.03. The average molecular weight is 303 g/mol. The molecule has 22 heavy (non-hydrogen) atoms. The van der Waals surface area contributed by atoms with Gasteiger partial charge in [-0.3, -0.25) is 9.59 Å². The Balaban J connectivity index is 2.06. The number of nitrogens with zero attached hydrogens (tertiary/aromatic N) is 2. The third-order valence-corrected chi connectivity index (χ3v) is 3.09. The molecule has 112 valence electrons. The van der Waals surface area contributed by atoms with Gasteiger partial charge in [0.2, 0.25) is 0 Å². The molecule has 0 spiro atoms. The summed E-state index contributed by atoms with van der Waals surface area (Å²) in [5.74, 6) is -1.19. The van der Waals surface area contributed by atoms with Crippen LogP contribution in [0.5, 0.6) is 0 Å². The van der Waals surface area contributed by atoms with E-state index >= 15 is 0 Å². The van der Waals surface area contributed by atoms with Crippen molar-refractivity contribution in [2.24, 2.45) is 0 Å². The van der Waals surface area contributed by atoms with Gasteiger partial charge in [-0.05, 0) is 24.3 Å². The number of carboxylic acid groups (broad SMARTS) is 1. The molecule has 8 heteroatoms. The van der Waals surface area contributed by atoms with Crippen LogP contribution in [-0.4, -0.2) is 26.2 Å². The molecular formula is C14H10FN3O4. The minimum atomic E-state index is -0.993. The first kappa shape index (κ1) is 13.9. The molecule has 0 atom stereocenters. The zero-order valence-corrected chi connectivity index (χ0v) is 11.2. The van der Waals surface area contributed by atoms with Gasteiger partial charge in [-0.15, -0.1) is 0 Å². The van der Waals surface area contributed by atoms with Gasteiger partial charge in [-0.25, -0.2) is 4.39 Å². The fourth-order valence-corrected chi connectivity index (χ4v) is 2.06. The summed E-state index contributed by atoms with van der Waals surface area (Å²) in [5.41, 5.74) is 0.314. The molecule has 2 N–H and O–H groups in total. The predicted molar refractivity (Wildman–Crippen MR) is 73.8 cm³/mol. The smallest absolute Gasteiger partial charge is 0.303 e. The number of carbonyl (C=O) groups is 1. The van der Waals surface area contributed by atoms with Crippen LogP contribution in [0.1, 0.15) is 12.2 Å². The molecule has 0 unspecified atom stereocenters. The zero-order chi connectivity index (χ0) is 15.7. The van der Waals surface area contributed by atoms with Crippen molar-refractivity contribution < 1.29 is 18.8 Å². The normalized spacial score (nSPS) is 11.0. The molecule has 0 aliphatic rings. The number of rotatable bonds is 4. The van der Waals surface area contributed by atoms with Gasteiger partial charge < -0.3 is 14.6 Å². The van der Waals surface area contributed by atoms with Crippen LogP contribution in [-0.2, 0) is 11.2 Å². The SMILES string of the molecule is O=C(O)CCc1nc2onc(-c3ccc(F)cc3)c2c(=O)[nH]1. The minimum Gasteiger partial charge on any atom is -0.481 e. The first-order chi connectivity index (χ1) is 10.5. The maximum absolute atomic E-state index is 13.0. The van der Waals surface area contributed by atoms with Crippen LogP contribution in [0, 0.1) is 5.82 Å². The summed E-state index contributed by atoms with van der Waals surface area (Å²) >= 11 is 0. The van der Waals surface area contributed by atoms with Crippen molar-refractivity contribution in [2.45, 2.75) is 12.8 Å². The van der Waals surface area contributed by atoms with Crippen molar-refractivity contribution in [1.82, 2.24) is 15.1 Å². The molecule has 7 nitrogen and oxygen atoms in total. The van der Waals surface area contributed by atoms with E-state index in [4.69, 9.17) is 9.63 Å². The van der Waals surface area contributed by atoms with Gasteiger partial charge in [0, 0.05) is 12.0 Å². The van der Waals surface area contributed by atoms with E-state index in [0.717, 1.165) is 0 Å². The summed E-state index contributed by atoms with van der Waals surface area (Å²) in [6.07, 6.45) is -0.0828. The van der Waals surface area contributed by atoms with Crippen molar-refractivity contribution in [3.05, 3.63) is 46.3 Å². The molecule has 0 aliphatic carbocycles. The van der Waals surface area contributed by atoms with Gasteiger partial charge >= 0.3 is 5.97 Å². The summed E-state index contributed by atoms with van der Waals surface area (Å²) in [6, 6.07) is 5.45. The van der Waals surface area contributed by atoms with Crippen LogP contribution in [0.4, 0.5) is 4.39 Å². The monoisotopic (exact) mass is 303 g/mol. The van der Waals surface area contributed by atoms with E-state index < -0.39 is 17.3 Å². The van der Waals surface area contributed by atoms with Crippen LogP contribution >= 0.6 is 0 Å². The quantitative estimate of drug-likeness (QED) is 0.759. The molecule has 3 aromatic rings. The van der Waals surface area contributed by atoms with Crippen molar-refractivity contribution >= 4 is 17.1 Å². The summed E-state index contributed by atoms with van der Waals surface area (Å²) in [4.78, 5) is 29.3. The minimum absolute atomic E-state index is 0.0171. The third kappa shape index (κ3) is 2.58. The predicted octanol–water partition coefficient (Wildman–Crippen LogP) is 1.73. The Labute approximate surface area is 122 Å². The first-order valence-electron chi connectivity index (χ1n) is 6.41. The molecule has 0 saturated heterocycles. The lowest BCUT2D eigenvalue weighted by Gasteiger charge is -1.98. The number of halogens is 1. The second kappa shape index (κ2) is 5.40. The Morgan fingerprint density at radius 2 is 2.05 bits per heavy atom. The number of benzene rings is 1. The number of aliphatic carboxylic acids is 1. The molecule has 0 saturated carbocycles. The average Bonchev–Trinajstić information content (AvgIpc) is 2.90. The highest BCUT2D eigenvalue weighted by atomic mass is 19.1. The summed E-state index contributed by atoms with van der Waals surface area (Å²) in [7, 11) is 0. The number of aromatic nitrogens is 3. The van der Waals surface area contributed by atoms with Gasteiger partial charge in [0.15, 0.2) is 0 Å². The number of carboxylic acids is 1. The zero-order valence-electron chi connectivity index (χ0n) is 11.2. The van der Waals surface area contributed by atoms with E-state index in [1.54, 1.807) is 0 Å². The van der Waals surface area contributed by atoms with E-state index in [1.165, 1.54) is 24.3 Å². The molecule has 0 aliphatic heterocycles. The lowest BCUT2D eigenvalue weighted by atomic mass is 10.1. The fourth-order valence-electron chi connectivity index (χ4n) is 2.06. The number of nitrogens with one attached hydrogen (secondary N) is 1. The summed E-state index contributed by atoms with van der Waals surface area (Å²) < 4.78 is 18.0. The van der Waals surface area contributed by atoms with Gasteiger partial charge in [0.1, 0.15) is 22.7 Å². The lowest BCUT2D eigenvalue weighted by molar-refractivity contribution is -0.137. The van der Waals surface area contributed by atoms with E-state index in [2.05, 4.69) is 15.1 Å². The first-order valence-corrected chi connectivity index (χ1v) is 6.41. The number of aromatic amines is 1. The number of fused-ring (bicyclic) bond motifs is 1. The van der Waals surface area contributed by atoms with Crippen LogP contribution in [0.3, 0.4) is 0 Å². The molecule has 0 bridgehead atoms. The number of H-pyrrole nitrogens is 1. The number of aryl methyl sites for hydroxylation is 1. The lowest BCUT2D eigenvalue weighted by Crippen LogP contribution is -2.12. The van der Waals surface area contributed by atoms with Crippen LogP contribution in [0.25, 0.3) is 22.4 Å². The van der Waals surface area contributed by atoms with Gasteiger partial charge in [-0.2, -0.15) is 4.98 Å². The highest BCUT2D eigenvalue weighted by Gasteiger charge is 2.17. The maximum atomic E-state index is 13.0. The van der Waals surface area contributed by atoms with Crippen LogP contribution < -0.4 is 5.56 Å². The standard InChI is InChI=1S/C14H10FN3O4/c15-8-3-1-7(2-4-8)12-11-13(21)16-9(5-6-10(19)20)17-14(11)22-18-12/h1-4H,5-6H2,(H,19,20)(H,16,17,21). The fraction of sp³-hybridized carbons (Fsp3) is 0.143. The largest absolute Gasteiger partial charge is 0.481 e. The van der Waals surface area contributed by atoms with E-state index in [9.17, 15) is 14.0 Å². The van der Waals surface area contributed by atoms with Crippen LogP contribution in [0.2, 0.25) is 0 Å². The molecule has 1 aromatic carbocycles. The molecule has 2 aromatic heterocycles. The van der Waals surface area contributed by atoms with Crippen LogP contribution in [0.15, 0.2) is 33.6 Å². The summed E-state index contributed by atoms with van der Waals surface area (Å²) in [5, 5.41) is 12.6. The van der Waals surface area contributed by atoms with Crippen molar-refractivity contribution in [2.75, 3.05) is 0 Å². The summed E-state index contributed by atoms with van der Waals surface area (Å²) in [6.45, 7) is 0. The Morgan fingerprint density at radius 3 is 2.73 bits per heavy atom. The van der Waals surface area contributed by atoms with E-state index in [1.807, 2.05) is 0 Å². The Morgan fingerprint density at radius 1 is 1.32 bits per heavy atom.